The van der Waals surface area contributed by atoms with Crippen LogP contribution in [0, 0.1) is 22.0 Å². The van der Waals surface area contributed by atoms with Crippen LogP contribution in [0.25, 0.3) is 10.9 Å². The molecule has 0 spiro atoms. The zero-order valence-electron chi connectivity index (χ0n) is 17.9. The second kappa shape index (κ2) is 11.1. The molecule has 0 bridgehead atoms. The number of para-hydroxylation sites is 1. The summed E-state index contributed by atoms with van der Waals surface area (Å²) in [5.41, 5.74) is 7.98. The van der Waals surface area contributed by atoms with Crippen molar-refractivity contribution >= 4 is 40.8 Å². The average molecular weight is 460 g/mol. The summed E-state index contributed by atoms with van der Waals surface area (Å²) >= 11 is 0. The van der Waals surface area contributed by atoms with Gasteiger partial charge in [0.05, 0.1) is 4.92 Å². The first-order chi connectivity index (χ1) is 15.1. The highest BCUT2D eigenvalue weighted by atomic mass is 35.5. The minimum atomic E-state index is -0.441. The van der Waals surface area contributed by atoms with Crippen LogP contribution in [0.4, 0.5) is 17.5 Å². The molecule has 2 heterocycles. The van der Waals surface area contributed by atoms with E-state index in [4.69, 9.17) is 5.73 Å². The number of fused-ring (bicyclic) bond motifs is 1. The molecule has 1 fully saturated rings. The van der Waals surface area contributed by atoms with Crippen LogP contribution in [0.2, 0.25) is 0 Å². The molecule has 0 unspecified atom stereocenters. The normalized spacial score (nSPS) is 18.2. The molecule has 5 N–H and O–H groups in total. The van der Waals surface area contributed by atoms with Crippen LogP contribution < -0.4 is 16.4 Å². The maximum Gasteiger partial charge on any atom is 0.329 e. The van der Waals surface area contributed by atoms with E-state index in [0.29, 0.717) is 30.9 Å². The Balaban J connectivity index is 0.00000289. The maximum atomic E-state index is 11.4. The predicted molar refractivity (Wildman–Crippen MR) is 129 cm³/mol. The Kier molecular flexibility index (Phi) is 8.24. The number of anilines is 2. The Bertz CT molecular complexity index is 1030. The van der Waals surface area contributed by atoms with Gasteiger partial charge in [0.15, 0.2) is 0 Å². The van der Waals surface area contributed by atoms with Gasteiger partial charge in [-0.15, -0.1) is 12.4 Å². The molecule has 0 amide bonds. The summed E-state index contributed by atoms with van der Waals surface area (Å²) in [7, 11) is 0. The topological polar surface area (TPSA) is 135 Å². The van der Waals surface area contributed by atoms with Crippen molar-refractivity contribution in [3.63, 3.8) is 0 Å². The second-order valence-electron chi connectivity index (χ2n) is 8.22. The summed E-state index contributed by atoms with van der Waals surface area (Å²) in [6.45, 7) is 2.04. The van der Waals surface area contributed by atoms with Gasteiger partial charge in [-0.25, -0.2) is 4.98 Å². The van der Waals surface area contributed by atoms with E-state index < -0.39 is 4.92 Å². The highest BCUT2D eigenvalue weighted by molar-refractivity contribution is 5.85. The highest BCUT2D eigenvalue weighted by Gasteiger charge is 2.22. The van der Waals surface area contributed by atoms with E-state index in [9.17, 15) is 10.1 Å². The van der Waals surface area contributed by atoms with Crippen LogP contribution in [0.1, 0.15) is 31.2 Å². The van der Waals surface area contributed by atoms with Crippen LogP contribution in [-0.2, 0) is 6.42 Å². The van der Waals surface area contributed by atoms with Crippen LogP contribution >= 0.6 is 12.4 Å². The van der Waals surface area contributed by atoms with Crippen LogP contribution in [-0.4, -0.2) is 39.5 Å². The number of nitrogens with one attached hydrogen (secondary N) is 3. The lowest BCUT2D eigenvalue weighted by Gasteiger charge is -2.27. The predicted octanol–water partition coefficient (Wildman–Crippen LogP) is 4.12. The third kappa shape index (κ3) is 5.66. The number of benzene rings is 1. The van der Waals surface area contributed by atoms with Gasteiger partial charge in [0.1, 0.15) is 6.20 Å². The fourth-order valence-electron chi connectivity index (χ4n) is 4.28. The molecular weight excluding hydrogens is 430 g/mol. The summed E-state index contributed by atoms with van der Waals surface area (Å²) in [5, 5.41) is 19.0. The van der Waals surface area contributed by atoms with E-state index in [2.05, 4.69) is 31.7 Å². The lowest BCUT2D eigenvalue weighted by atomic mass is 9.82. The first kappa shape index (κ1) is 23.7. The average Bonchev–Trinajstić information content (AvgIpc) is 3.21. The molecule has 9 nitrogen and oxygen atoms in total. The molecule has 1 aliphatic carbocycles. The molecule has 1 aromatic carbocycles. The standard InChI is InChI=1S/C22H29N7O2.ClH/c23-11-15-5-7-16(8-6-15)12-26-21-20(29(30)31)14-27-22(28-21)24-10-9-17-13-25-19-4-2-1-3-18(17)19;/h1-4,13-16,25H,5-12,23H2,(H2,24,26,27,28);1H. The number of halogens is 1. The Hall–Kier alpha value is -2.91. The molecule has 0 radical (unpaired) electrons. The maximum absolute atomic E-state index is 11.4. The van der Waals surface area contributed by atoms with E-state index in [-0.39, 0.29) is 23.9 Å². The largest absolute Gasteiger partial charge is 0.364 e. The Morgan fingerprint density at radius 3 is 2.66 bits per heavy atom. The van der Waals surface area contributed by atoms with Crippen molar-refractivity contribution in [2.45, 2.75) is 32.1 Å². The van der Waals surface area contributed by atoms with Crippen molar-refractivity contribution in [2.24, 2.45) is 17.6 Å². The first-order valence-corrected chi connectivity index (χ1v) is 10.9. The molecule has 10 heteroatoms. The molecule has 172 valence electrons. The van der Waals surface area contributed by atoms with E-state index in [1.807, 2.05) is 24.4 Å². The molecule has 32 heavy (non-hydrogen) atoms. The number of aromatic nitrogens is 3. The van der Waals surface area contributed by atoms with Crippen molar-refractivity contribution in [3.8, 4) is 0 Å². The van der Waals surface area contributed by atoms with Gasteiger partial charge in [-0.2, -0.15) is 4.98 Å². The number of hydrogen-bond donors (Lipinski definition) is 4. The molecule has 0 atom stereocenters. The van der Waals surface area contributed by atoms with E-state index >= 15 is 0 Å². The number of hydrogen-bond acceptors (Lipinski definition) is 7. The van der Waals surface area contributed by atoms with E-state index in [1.54, 1.807) is 0 Å². The van der Waals surface area contributed by atoms with Gasteiger partial charge in [0.25, 0.3) is 0 Å². The van der Waals surface area contributed by atoms with Crippen molar-refractivity contribution in [3.05, 3.63) is 52.3 Å². The fourth-order valence-corrected chi connectivity index (χ4v) is 4.28. The molecule has 0 saturated heterocycles. The van der Waals surface area contributed by atoms with Gasteiger partial charge in [-0.05, 0) is 62.1 Å². The minimum absolute atomic E-state index is 0. The Labute approximate surface area is 193 Å². The zero-order chi connectivity index (χ0) is 21.6. The van der Waals surface area contributed by atoms with Crippen molar-refractivity contribution in [2.75, 3.05) is 30.3 Å². The summed E-state index contributed by atoms with van der Waals surface area (Å²) in [4.78, 5) is 22.8. The number of nitrogens with two attached hydrogens (primary N) is 1. The fraction of sp³-hybridized carbons (Fsp3) is 0.455. The van der Waals surface area contributed by atoms with Gasteiger partial charge >= 0.3 is 5.69 Å². The molecule has 0 aliphatic heterocycles. The third-order valence-corrected chi connectivity index (χ3v) is 6.18. The molecule has 4 rings (SSSR count). The smallest absolute Gasteiger partial charge is 0.329 e. The zero-order valence-corrected chi connectivity index (χ0v) is 18.7. The second-order valence-corrected chi connectivity index (χ2v) is 8.22. The Morgan fingerprint density at radius 2 is 1.91 bits per heavy atom. The Morgan fingerprint density at radius 1 is 1.16 bits per heavy atom. The van der Waals surface area contributed by atoms with E-state index in [0.717, 1.165) is 44.2 Å². The van der Waals surface area contributed by atoms with E-state index in [1.165, 1.54) is 17.1 Å². The lowest BCUT2D eigenvalue weighted by molar-refractivity contribution is -0.384. The summed E-state index contributed by atoms with van der Waals surface area (Å²) in [5.74, 6) is 1.75. The number of nitrogens with zero attached hydrogens (tertiary/aromatic N) is 3. The summed E-state index contributed by atoms with van der Waals surface area (Å²) in [6.07, 6.45) is 8.49. The monoisotopic (exact) mass is 459 g/mol. The summed E-state index contributed by atoms with van der Waals surface area (Å²) < 4.78 is 0. The molecule has 2 aromatic heterocycles. The molecule has 3 aromatic rings. The van der Waals surface area contributed by atoms with Gasteiger partial charge in [-0.3, -0.25) is 10.1 Å². The molecular formula is C22H30ClN7O2. The van der Waals surface area contributed by atoms with Gasteiger partial charge in [-0.1, -0.05) is 18.2 Å². The van der Waals surface area contributed by atoms with Gasteiger partial charge in [0, 0.05) is 30.2 Å². The SMILES string of the molecule is Cl.NCC1CCC(CNc2nc(NCCc3c[nH]c4ccccc34)ncc2[N+](=O)[O-])CC1. The van der Waals surface area contributed by atoms with Crippen LogP contribution in [0.15, 0.2) is 36.7 Å². The lowest BCUT2D eigenvalue weighted by Crippen LogP contribution is -2.25. The quantitative estimate of drug-likeness (QED) is 0.279. The van der Waals surface area contributed by atoms with Gasteiger partial charge in [0.2, 0.25) is 11.8 Å². The van der Waals surface area contributed by atoms with Crippen molar-refractivity contribution in [1.82, 2.24) is 15.0 Å². The first-order valence-electron chi connectivity index (χ1n) is 10.9. The third-order valence-electron chi connectivity index (χ3n) is 6.18. The minimum Gasteiger partial charge on any atom is -0.364 e. The van der Waals surface area contributed by atoms with Crippen LogP contribution in [0.5, 0.6) is 0 Å². The molecule has 1 saturated carbocycles. The number of aromatic amines is 1. The summed E-state index contributed by atoms with van der Waals surface area (Å²) in [6, 6.07) is 8.16. The van der Waals surface area contributed by atoms with Crippen LogP contribution in [0.3, 0.4) is 0 Å². The number of nitro groups is 1. The van der Waals surface area contributed by atoms with Gasteiger partial charge < -0.3 is 21.4 Å². The van der Waals surface area contributed by atoms with Crippen molar-refractivity contribution in [1.29, 1.82) is 0 Å². The van der Waals surface area contributed by atoms with Crippen molar-refractivity contribution < 1.29 is 4.92 Å². The number of rotatable bonds is 9. The number of H-pyrrole nitrogens is 1. The molecule has 1 aliphatic rings. The highest BCUT2D eigenvalue weighted by Crippen LogP contribution is 2.29.